The van der Waals surface area contributed by atoms with E-state index in [2.05, 4.69) is 9.88 Å². The van der Waals surface area contributed by atoms with Gasteiger partial charge in [-0.2, -0.15) is 0 Å². The van der Waals surface area contributed by atoms with Crippen molar-refractivity contribution in [3.63, 3.8) is 0 Å². The summed E-state index contributed by atoms with van der Waals surface area (Å²) in [6.45, 7) is 3.21. The number of imidazole rings is 1. The fraction of sp³-hybridized carbons (Fsp3) is 0.350. The molecule has 0 saturated carbocycles. The molecule has 0 radical (unpaired) electrons. The maximum Gasteiger partial charge on any atom is 0.253 e. The lowest BCUT2D eigenvalue weighted by Gasteiger charge is -2.33. The number of aromatic nitrogens is 3. The van der Waals surface area contributed by atoms with E-state index in [4.69, 9.17) is 19.2 Å². The number of hydrogen-bond donors (Lipinski definition) is 0. The second-order valence-corrected chi connectivity index (χ2v) is 12.9. The smallest absolute Gasteiger partial charge is 0.253 e. The number of fused-ring (bicyclic) bond motifs is 1. The standard InChI is InChI=1S/C40H44FN5O5/c1-44(40(48)30-23-35(49-2)38(51-4)36(24-30)50-3)25-29(27-12-14-31(41)15-13-27)18-22-45-20-16-28(17-21-45)37(47)39-43-33-10-5-6-11-34(33)46(39)26-32-9-7-8-19-42-32/h5-15,19,23-24,28-29H,16-18,20-22,25-26H2,1-4H3. The molecule has 3 heterocycles. The Morgan fingerprint density at radius 2 is 1.61 bits per heavy atom. The molecule has 2 aromatic heterocycles. The third-order valence-electron chi connectivity index (χ3n) is 9.77. The number of amides is 1. The average Bonchev–Trinajstić information content (AvgIpc) is 3.54. The van der Waals surface area contributed by atoms with Gasteiger partial charge in [-0.25, -0.2) is 9.37 Å². The van der Waals surface area contributed by atoms with Crippen molar-refractivity contribution in [3.05, 3.63) is 114 Å². The van der Waals surface area contributed by atoms with Gasteiger partial charge in [0, 0.05) is 37.2 Å². The van der Waals surface area contributed by atoms with Gasteiger partial charge in [-0.1, -0.05) is 30.3 Å². The van der Waals surface area contributed by atoms with Crippen LogP contribution in [0.3, 0.4) is 0 Å². The lowest BCUT2D eigenvalue weighted by molar-refractivity contribution is 0.0778. The maximum absolute atomic E-state index is 14.0. The van der Waals surface area contributed by atoms with Crippen molar-refractivity contribution in [2.24, 2.45) is 5.92 Å². The van der Waals surface area contributed by atoms with Gasteiger partial charge < -0.3 is 28.6 Å². The van der Waals surface area contributed by atoms with Crippen LogP contribution in [0.2, 0.25) is 0 Å². The molecule has 1 amide bonds. The second kappa shape index (κ2) is 16.2. The number of hydrogen-bond acceptors (Lipinski definition) is 8. The Morgan fingerprint density at radius 3 is 2.25 bits per heavy atom. The molecule has 1 unspecified atom stereocenters. The van der Waals surface area contributed by atoms with E-state index in [1.807, 2.05) is 47.0 Å². The number of carbonyl (C=O) groups is 2. The number of methoxy groups -OCH3 is 3. The van der Waals surface area contributed by atoms with Crippen molar-refractivity contribution in [1.29, 1.82) is 0 Å². The molecule has 1 aliphatic rings. The van der Waals surface area contributed by atoms with Gasteiger partial charge in [0.1, 0.15) is 5.82 Å². The van der Waals surface area contributed by atoms with Gasteiger partial charge in [-0.15, -0.1) is 0 Å². The molecule has 266 valence electrons. The number of rotatable bonds is 14. The van der Waals surface area contributed by atoms with E-state index in [1.54, 1.807) is 42.4 Å². The summed E-state index contributed by atoms with van der Waals surface area (Å²) in [5.41, 5.74) is 3.96. The molecule has 0 bridgehead atoms. The highest BCUT2D eigenvalue weighted by Crippen LogP contribution is 2.38. The summed E-state index contributed by atoms with van der Waals surface area (Å²) in [5, 5.41) is 0. The number of likely N-dealkylation sites (N-methyl/N-ethyl adjacent to an activating group) is 1. The Kier molecular flexibility index (Phi) is 11.3. The number of likely N-dealkylation sites (tertiary alicyclic amines) is 1. The minimum atomic E-state index is -0.306. The number of para-hydroxylation sites is 2. The molecular formula is C40H44FN5O5. The van der Waals surface area contributed by atoms with Crippen molar-refractivity contribution < 1.29 is 28.2 Å². The average molecular weight is 694 g/mol. The molecule has 0 spiro atoms. The van der Waals surface area contributed by atoms with Crippen LogP contribution in [-0.2, 0) is 6.54 Å². The van der Waals surface area contributed by atoms with Crippen LogP contribution >= 0.6 is 0 Å². The first-order chi connectivity index (χ1) is 24.8. The zero-order valence-electron chi connectivity index (χ0n) is 29.5. The summed E-state index contributed by atoms with van der Waals surface area (Å²) in [6, 6.07) is 23.4. The summed E-state index contributed by atoms with van der Waals surface area (Å²) in [6.07, 6.45) is 3.97. The third kappa shape index (κ3) is 8.04. The number of nitrogens with zero attached hydrogens (tertiary/aromatic N) is 5. The van der Waals surface area contributed by atoms with Crippen LogP contribution in [0.25, 0.3) is 11.0 Å². The zero-order valence-corrected chi connectivity index (χ0v) is 29.5. The first kappa shape index (κ1) is 35.5. The Bertz CT molecular complexity index is 1930. The van der Waals surface area contributed by atoms with Crippen molar-refractivity contribution in [1.82, 2.24) is 24.3 Å². The molecular weight excluding hydrogens is 649 g/mol. The fourth-order valence-electron chi connectivity index (χ4n) is 6.95. The molecule has 1 saturated heterocycles. The lowest BCUT2D eigenvalue weighted by atomic mass is 9.90. The van der Waals surface area contributed by atoms with Crippen molar-refractivity contribution in [3.8, 4) is 17.2 Å². The van der Waals surface area contributed by atoms with E-state index in [9.17, 15) is 14.0 Å². The molecule has 1 atom stereocenters. The van der Waals surface area contributed by atoms with Gasteiger partial charge in [0.25, 0.3) is 5.91 Å². The highest BCUT2D eigenvalue weighted by atomic mass is 19.1. The number of halogens is 1. The van der Waals surface area contributed by atoms with Gasteiger partial charge in [-0.3, -0.25) is 14.6 Å². The van der Waals surface area contributed by atoms with Crippen molar-refractivity contribution in [2.45, 2.75) is 31.7 Å². The minimum absolute atomic E-state index is 0.0487. The quantitative estimate of drug-likeness (QED) is 0.122. The van der Waals surface area contributed by atoms with Crippen LogP contribution in [0, 0.1) is 11.7 Å². The van der Waals surface area contributed by atoms with Crippen molar-refractivity contribution >= 4 is 22.7 Å². The highest BCUT2D eigenvalue weighted by molar-refractivity contribution is 5.98. The normalized spacial score (nSPS) is 14.3. The highest BCUT2D eigenvalue weighted by Gasteiger charge is 2.30. The molecule has 5 aromatic rings. The molecule has 10 nitrogen and oxygen atoms in total. The maximum atomic E-state index is 14.0. The van der Waals surface area contributed by atoms with Gasteiger partial charge >= 0.3 is 0 Å². The van der Waals surface area contributed by atoms with Crippen LogP contribution in [0.1, 0.15) is 57.4 Å². The second-order valence-electron chi connectivity index (χ2n) is 12.9. The van der Waals surface area contributed by atoms with Crippen LogP contribution in [-0.4, -0.2) is 90.6 Å². The van der Waals surface area contributed by atoms with Crippen LogP contribution in [0.15, 0.2) is 85.1 Å². The minimum Gasteiger partial charge on any atom is -0.493 e. The van der Waals surface area contributed by atoms with Crippen LogP contribution in [0.5, 0.6) is 17.2 Å². The monoisotopic (exact) mass is 693 g/mol. The van der Waals surface area contributed by atoms with Crippen molar-refractivity contribution in [2.75, 3.05) is 54.6 Å². The van der Waals surface area contributed by atoms with Crippen LogP contribution in [0.4, 0.5) is 4.39 Å². The molecule has 11 heteroatoms. The fourth-order valence-corrected chi connectivity index (χ4v) is 6.95. The number of carbonyl (C=O) groups excluding carboxylic acids is 2. The van der Waals surface area contributed by atoms with E-state index >= 15 is 0 Å². The van der Waals surface area contributed by atoms with Gasteiger partial charge in [0.2, 0.25) is 11.5 Å². The molecule has 6 rings (SSSR count). The lowest BCUT2D eigenvalue weighted by Crippen LogP contribution is -2.38. The number of Topliss-reactive ketones (excluding diaryl/α,β-unsaturated/α-hetero) is 1. The zero-order chi connectivity index (χ0) is 35.9. The molecule has 0 N–H and O–H groups in total. The van der Waals surface area contributed by atoms with E-state index in [1.165, 1.54) is 33.5 Å². The first-order valence-electron chi connectivity index (χ1n) is 17.2. The Balaban J connectivity index is 1.12. The molecule has 0 aliphatic carbocycles. The Hall–Kier alpha value is -5.29. The topological polar surface area (TPSA) is 99.0 Å². The SMILES string of the molecule is COc1cc(C(=O)N(C)CC(CCN2CCC(C(=O)c3nc4ccccc4n3Cc3ccccn3)CC2)c2ccc(F)cc2)cc(OC)c1OC. The predicted octanol–water partition coefficient (Wildman–Crippen LogP) is 6.49. The number of ketones is 1. The van der Waals surface area contributed by atoms with E-state index in [-0.39, 0.29) is 29.3 Å². The largest absolute Gasteiger partial charge is 0.493 e. The van der Waals surface area contributed by atoms with Gasteiger partial charge in [0.15, 0.2) is 17.3 Å². The summed E-state index contributed by atoms with van der Waals surface area (Å²) in [7, 11) is 6.31. The summed E-state index contributed by atoms with van der Waals surface area (Å²) < 4.78 is 32.3. The van der Waals surface area contributed by atoms with Crippen LogP contribution < -0.4 is 14.2 Å². The molecule has 1 fully saturated rings. The van der Waals surface area contributed by atoms with E-state index in [0.29, 0.717) is 41.7 Å². The van der Waals surface area contributed by atoms with Gasteiger partial charge in [0.05, 0.1) is 44.6 Å². The number of ether oxygens (including phenoxy) is 3. The van der Waals surface area contributed by atoms with E-state index < -0.39 is 0 Å². The Morgan fingerprint density at radius 1 is 0.922 bits per heavy atom. The Labute approximate surface area is 297 Å². The third-order valence-corrected chi connectivity index (χ3v) is 9.77. The van der Waals surface area contributed by atoms with Gasteiger partial charge in [-0.05, 0) is 93.0 Å². The summed E-state index contributed by atoms with van der Waals surface area (Å²) in [4.78, 5) is 41.0. The predicted molar refractivity (Wildman–Crippen MR) is 193 cm³/mol. The number of piperidine rings is 1. The number of pyridine rings is 1. The molecule has 3 aromatic carbocycles. The first-order valence-corrected chi connectivity index (χ1v) is 17.2. The van der Waals surface area contributed by atoms with E-state index in [0.717, 1.165) is 61.2 Å². The molecule has 51 heavy (non-hydrogen) atoms. The summed E-state index contributed by atoms with van der Waals surface area (Å²) >= 11 is 0. The summed E-state index contributed by atoms with van der Waals surface area (Å²) in [5.74, 6) is 1.08. The molecule has 1 aliphatic heterocycles. The number of benzene rings is 3.